The van der Waals surface area contributed by atoms with E-state index in [1.807, 2.05) is 0 Å². The second-order valence-corrected chi connectivity index (χ2v) is 2.13. The Balaban J connectivity index is 3.37. The van der Waals surface area contributed by atoms with E-state index < -0.39 is 25.1 Å². The van der Waals surface area contributed by atoms with Gasteiger partial charge in [0.15, 0.2) is 0 Å². The maximum Gasteiger partial charge on any atom is 0.305 e. The molecule has 0 heterocycles. The fourth-order valence-corrected chi connectivity index (χ4v) is 0.542. The molecule has 0 aromatic rings. The van der Waals surface area contributed by atoms with Gasteiger partial charge in [-0.25, -0.2) is 8.78 Å². The van der Waals surface area contributed by atoms with Crippen LogP contribution in [0.4, 0.5) is 8.78 Å². The third-order valence-corrected chi connectivity index (χ3v) is 0.969. The van der Waals surface area contributed by atoms with Crippen LogP contribution in [0, 0.1) is 0 Å². The van der Waals surface area contributed by atoms with E-state index in [1.165, 1.54) is 6.92 Å². The van der Waals surface area contributed by atoms with E-state index >= 15 is 0 Å². The van der Waals surface area contributed by atoms with Gasteiger partial charge in [0, 0.05) is 0 Å². The topological polar surface area (TPSA) is 46.5 Å². The van der Waals surface area contributed by atoms with E-state index in [4.69, 9.17) is 5.11 Å². The molecule has 0 spiro atoms. The molecule has 0 rings (SSSR count). The van der Waals surface area contributed by atoms with Crippen molar-refractivity contribution < 1.29 is 23.4 Å². The summed E-state index contributed by atoms with van der Waals surface area (Å²) in [6.45, 7) is 0.741. The van der Waals surface area contributed by atoms with Crippen LogP contribution in [-0.2, 0) is 9.53 Å². The molecule has 0 fully saturated rings. The number of carbonyl (C=O) groups is 1. The standard InChI is InChI=1S/C6H10F2O3/c1-4(2-6(9)10)11-3-5(7)8/h4-5H,2-3H2,1H3,(H,9,10)/t4-/m1/s1. The highest BCUT2D eigenvalue weighted by Crippen LogP contribution is 2.00. The zero-order chi connectivity index (χ0) is 8.85. The van der Waals surface area contributed by atoms with Crippen LogP contribution in [0.15, 0.2) is 0 Å². The monoisotopic (exact) mass is 168 g/mol. The van der Waals surface area contributed by atoms with Crippen molar-refractivity contribution in [1.82, 2.24) is 0 Å². The lowest BCUT2D eigenvalue weighted by atomic mass is 10.3. The van der Waals surface area contributed by atoms with Gasteiger partial charge in [-0.1, -0.05) is 0 Å². The minimum Gasteiger partial charge on any atom is -0.481 e. The van der Waals surface area contributed by atoms with E-state index in [9.17, 15) is 13.6 Å². The minimum atomic E-state index is -2.54. The Kier molecular flexibility index (Phi) is 4.69. The van der Waals surface area contributed by atoms with Gasteiger partial charge in [0.1, 0.15) is 6.61 Å². The summed E-state index contributed by atoms with van der Waals surface area (Å²) in [5.74, 6) is -1.05. The van der Waals surface area contributed by atoms with Crippen LogP contribution in [0.3, 0.4) is 0 Å². The minimum absolute atomic E-state index is 0.243. The molecule has 66 valence electrons. The van der Waals surface area contributed by atoms with E-state index in [2.05, 4.69) is 4.74 Å². The van der Waals surface area contributed by atoms with Gasteiger partial charge in [-0.15, -0.1) is 0 Å². The number of carboxylic acid groups (broad SMARTS) is 1. The van der Waals surface area contributed by atoms with Gasteiger partial charge < -0.3 is 9.84 Å². The smallest absolute Gasteiger partial charge is 0.305 e. The summed E-state index contributed by atoms with van der Waals surface area (Å²) in [7, 11) is 0. The Labute approximate surface area is 63.0 Å². The molecule has 1 N–H and O–H groups in total. The second kappa shape index (κ2) is 5.01. The fourth-order valence-electron chi connectivity index (χ4n) is 0.542. The first-order valence-corrected chi connectivity index (χ1v) is 3.14. The molecule has 1 atom stereocenters. The largest absolute Gasteiger partial charge is 0.481 e. The molecule has 0 aromatic heterocycles. The molecule has 0 radical (unpaired) electrons. The number of carboxylic acids is 1. The summed E-state index contributed by atoms with van der Waals surface area (Å²) >= 11 is 0. The highest BCUT2D eigenvalue weighted by Gasteiger charge is 2.10. The number of rotatable bonds is 5. The summed E-state index contributed by atoms with van der Waals surface area (Å²) in [5, 5.41) is 8.18. The van der Waals surface area contributed by atoms with Crippen LogP contribution >= 0.6 is 0 Å². The van der Waals surface area contributed by atoms with Crippen molar-refractivity contribution in [3.05, 3.63) is 0 Å². The molecule has 0 aliphatic carbocycles. The van der Waals surface area contributed by atoms with E-state index in [0.717, 1.165) is 0 Å². The van der Waals surface area contributed by atoms with Crippen LogP contribution < -0.4 is 0 Å². The average molecular weight is 168 g/mol. The number of hydrogen-bond donors (Lipinski definition) is 1. The third-order valence-electron chi connectivity index (χ3n) is 0.969. The van der Waals surface area contributed by atoms with E-state index in [-0.39, 0.29) is 6.42 Å². The highest BCUT2D eigenvalue weighted by molar-refractivity contribution is 5.67. The van der Waals surface area contributed by atoms with Crippen LogP contribution in [0.5, 0.6) is 0 Å². The van der Waals surface area contributed by atoms with Crippen LogP contribution in [0.1, 0.15) is 13.3 Å². The summed E-state index contributed by atoms with van der Waals surface area (Å²) in [4.78, 5) is 9.99. The molecular formula is C6H10F2O3. The van der Waals surface area contributed by atoms with Crippen molar-refractivity contribution in [2.24, 2.45) is 0 Å². The predicted molar refractivity (Wildman–Crippen MR) is 33.7 cm³/mol. The lowest BCUT2D eigenvalue weighted by Crippen LogP contribution is -2.17. The highest BCUT2D eigenvalue weighted by atomic mass is 19.3. The molecule has 3 nitrogen and oxygen atoms in total. The predicted octanol–water partition coefficient (Wildman–Crippen LogP) is 1.13. The number of hydrogen-bond acceptors (Lipinski definition) is 2. The normalized spacial score (nSPS) is 13.5. The van der Waals surface area contributed by atoms with Crippen molar-refractivity contribution in [2.45, 2.75) is 25.9 Å². The van der Waals surface area contributed by atoms with Gasteiger partial charge in [0.05, 0.1) is 12.5 Å². The molecule has 0 amide bonds. The zero-order valence-corrected chi connectivity index (χ0v) is 6.09. The average Bonchev–Trinajstić information content (AvgIpc) is 1.82. The summed E-state index contributed by atoms with van der Waals surface area (Å²) in [6.07, 6.45) is -3.43. The van der Waals surface area contributed by atoms with Crippen LogP contribution in [-0.4, -0.2) is 30.2 Å². The molecular weight excluding hydrogens is 158 g/mol. The Morgan fingerprint density at radius 2 is 2.18 bits per heavy atom. The summed E-state index contributed by atoms with van der Waals surface area (Å²) < 4.78 is 27.4. The molecule has 0 saturated heterocycles. The van der Waals surface area contributed by atoms with Gasteiger partial charge in [0.25, 0.3) is 6.43 Å². The van der Waals surface area contributed by atoms with Gasteiger partial charge in [-0.05, 0) is 6.92 Å². The molecule has 0 aromatic carbocycles. The third kappa shape index (κ3) is 7.18. The molecule has 0 aliphatic rings. The van der Waals surface area contributed by atoms with Crippen LogP contribution in [0.2, 0.25) is 0 Å². The molecule has 11 heavy (non-hydrogen) atoms. The lowest BCUT2D eigenvalue weighted by Gasteiger charge is -2.09. The van der Waals surface area contributed by atoms with Gasteiger partial charge in [-0.3, -0.25) is 4.79 Å². The number of aliphatic carboxylic acids is 1. The summed E-state index contributed by atoms with van der Waals surface area (Å²) in [5.41, 5.74) is 0. The Morgan fingerprint density at radius 3 is 2.55 bits per heavy atom. The quantitative estimate of drug-likeness (QED) is 0.669. The van der Waals surface area contributed by atoms with Crippen molar-refractivity contribution in [3.8, 4) is 0 Å². The SMILES string of the molecule is C[C@H](CC(=O)O)OCC(F)F. The van der Waals surface area contributed by atoms with Crippen molar-refractivity contribution in [2.75, 3.05) is 6.61 Å². The Morgan fingerprint density at radius 1 is 1.64 bits per heavy atom. The van der Waals surface area contributed by atoms with Gasteiger partial charge in [-0.2, -0.15) is 0 Å². The molecule has 5 heteroatoms. The number of halogens is 2. The fraction of sp³-hybridized carbons (Fsp3) is 0.833. The maximum atomic E-state index is 11.5. The van der Waals surface area contributed by atoms with E-state index in [1.54, 1.807) is 0 Å². The van der Waals surface area contributed by atoms with Gasteiger partial charge >= 0.3 is 5.97 Å². The first-order valence-electron chi connectivity index (χ1n) is 3.14. The lowest BCUT2D eigenvalue weighted by molar-refractivity contribution is -0.140. The van der Waals surface area contributed by atoms with Gasteiger partial charge in [0.2, 0.25) is 0 Å². The summed E-state index contributed by atoms with van der Waals surface area (Å²) in [6, 6.07) is 0. The Bertz CT molecular complexity index is 127. The zero-order valence-electron chi connectivity index (χ0n) is 6.09. The molecule has 0 saturated carbocycles. The van der Waals surface area contributed by atoms with Crippen molar-refractivity contribution in [3.63, 3.8) is 0 Å². The number of alkyl halides is 2. The second-order valence-electron chi connectivity index (χ2n) is 2.13. The van der Waals surface area contributed by atoms with Crippen molar-refractivity contribution >= 4 is 5.97 Å². The first kappa shape index (κ1) is 10.3. The molecule has 0 aliphatic heterocycles. The van der Waals surface area contributed by atoms with E-state index in [0.29, 0.717) is 0 Å². The Hall–Kier alpha value is -0.710. The first-order chi connectivity index (χ1) is 5.02. The van der Waals surface area contributed by atoms with Crippen LogP contribution in [0.25, 0.3) is 0 Å². The molecule has 0 bridgehead atoms. The number of ether oxygens (including phenoxy) is 1. The maximum absolute atomic E-state index is 11.5. The molecule has 0 unspecified atom stereocenters. The van der Waals surface area contributed by atoms with Crippen molar-refractivity contribution in [1.29, 1.82) is 0 Å².